The fourth-order valence-corrected chi connectivity index (χ4v) is 4.25. The standard InChI is InChI=1S/C22H22N6O2S/c1-14-11-27(8-9-30-14)22-25-20(24-17-5-3-16(4-6-17)15(2)29)19-21(26-22)28(13-23-19)18-7-10-31-12-18/h3-7,10,12-14H,8-9,11H2,1-2H3,(H,24,25,26). The van der Waals surface area contributed by atoms with E-state index in [1.165, 1.54) is 0 Å². The van der Waals surface area contributed by atoms with E-state index in [4.69, 9.17) is 14.7 Å². The normalized spacial score (nSPS) is 16.6. The molecule has 9 heteroatoms. The predicted octanol–water partition coefficient (Wildman–Crippen LogP) is 4.05. The van der Waals surface area contributed by atoms with Crippen LogP contribution in [0.3, 0.4) is 0 Å². The van der Waals surface area contributed by atoms with Crippen molar-refractivity contribution in [3.05, 3.63) is 53.0 Å². The van der Waals surface area contributed by atoms with E-state index in [2.05, 4.69) is 27.5 Å². The van der Waals surface area contributed by atoms with Crippen molar-refractivity contribution in [2.75, 3.05) is 29.9 Å². The van der Waals surface area contributed by atoms with Crippen LogP contribution in [0.15, 0.2) is 47.4 Å². The molecule has 1 unspecified atom stereocenters. The maximum Gasteiger partial charge on any atom is 0.229 e. The summed E-state index contributed by atoms with van der Waals surface area (Å²) in [5, 5.41) is 7.46. The molecule has 0 amide bonds. The van der Waals surface area contributed by atoms with Crippen molar-refractivity contribution in [2.24, 2.45) is 0 Å². The number of carbonyl (C=O) groups is 1. The number of aromatic nitrogens is 4. The molecule has 8 nitrogen and oxygen atoms in total. The maximum atomic E-state index is 11.6. The van der Waals surface area contributed by atoms with Crippen molar-refractivity contribution >= 4 is 45.7 Å². The van der Waals surface area contributed by atoms with Crippen LogP contribution in [0.25, 0.3) is 16.9 Å². The van der Waals surface area contributed by atoms with Gasteiger partial charge in [0.1, 0.15) is 6.33 Å². The lowest BCUT2D eigenvalue weighted by Gasteiger charge is -2.31. The zero-order chi connectivity index (χ0) is 21.4. The molecule has 158 valence electrons. The summed E-state index contributed by atoms with van der Waals surface area (Å²) in [6.45, 7) is 5.71. The minimum atomic E-state index is 0.0363. The van der Waals surface area contributed by atoms with Crippen molar-refractivity contribution in [3.8, 4) is 5.69 Å². The van der Waals surface area contributed by atoms with Crippen LogP contribution in [0.5, 0.6) is 0 Å². The summed E-state index contributed by atoms with van der Waals surface area (Å²) in [5.74, 6) is 1.31. The average molecular weight is 435 g/mol. The Labute approximate surface area is 183 Å². The molecule has 0 bridgehead atoms. The first-order valence-electron chi connectivity index (χ1n) is 10.1. The first-order valence-corrected chi connectivity index (χ1v) is 11.0. The largest absolute Gasteiger partial charge is 0.375 e. The Balaban J connectivity index is 1.59. The molecule has 0 radical (unpaired) electrons. The molecule has 1 atom stereocenters. The second-order valence-corrected chi connectivity index (χ2v) is 8.31. The Hall–Kier alpha value is -3.30. The summed E-state index contributed by atoms with van der Waals surface area (Å²) in [6.07, 6.45) is 1.89. The van der Waals surface area contributed by atoms with E-state index in [9.17, 15) is 4.79 Å². The van der Waals surface area contributed by atoms with Gasteiger partial charge in [-0.25, -0.2) is 4.98 Å². The highest BCUT2D eigenvalue weighted by Gasteiger charge is 2.22. The molecule has 1 N–H and O–H groups in total. The van der Waals surface area contributed by atoms with Gasteiger partial charge in [-0.3, -0.25) is 9.36 Å². The summed E-state index contributed by atoms with van der Waals surface area (Å²) in [4.78, 5) is 28.0. The van der Waals surface area contributed by atoms with Gasteiger partial charge in [0.05, 0.1) is 18.4 Å². The Morgan fingerprint density at radius 3 is 2.77 bits per heavy atom. The zero-order valence-electron chi connectivity index (χ0n) is 17.3. The first-order chi connectivity index (χ1) is 15.1. The number of imidazole rings is 1. The molecule has 0 saturated carbocycles. The summed E-state index contributed by atoms with van der Waals surface area (Å²) in [5.41, 5.74) is 3.95. The van der Waals surface area contributed by atoms with E-state index >= 15 is 0 Å². The molecular weight excluding hydrogens is 412 g/mol. The molecule has 4 aromatic rings. The predicted molar refractivity (Wildman–Crippen MR) is 122 cm³/mol. The number of thiophene rings is 1. The summed E-state index contributed by atoms with van der Waals surface area (Å²) in [6, 6.07) is 9.39. The highest BCUT2D eigenvalue weighted by molar-refractivity contribution is 7.08. The highest BCUT2D eigenvalue weighted by Crippen LogP contribution is 2.28. The Kier molecular flexibility index (Phi) is 5.13. The van der Waals surface area contributed by atoms with Crippen molar-refractivity contribution in [1.29, 1.82) is 0 Å². The van der Waals surface area contributed by atoms with Gasteiger partial charge >= 0.3 is 0 Å². The second kappa shape index (κ2) is 8.09. The van der Waals surface area contributed by atoms with E-state index in [1.54, 1.807) is 36.7 Å². The Morgan fingerprint density at radius 1 is 1.23 bits per heavy atom. The smallest absolute Gasteiger partial charge is 0.229 e. The number of ether oxygens (including phenoxy) is 1. The van der Waals surface area contributed by atoms with Gasteiger partial charge in [0, 0.05) is 29.7 Å². The van der Waals surface area contributed by atoms with Gasteiger partial charge in [-0.05, 0) is 49.6 Å². The molecule has 3 aromatic heterocycles. The number of hydrogen-bond donors (Lipinski definition) is 1. The molecule has 5 rings (SSSR count). The number of carbonyl (C=O) groups excluding carboxylic acids is 1. The third-order valence-corrected chi connectivity index (χ3v) is 5.92. The SMILES string of the molecule is CC(=O)c1ccc(Nc2nc(N3CCOC(C)C3)nc3c2ncn3-c2ccsc2)cc1. The van der Waals surface area contributed by atoms with Crippen LogP contribution in [0.1, 0.15) is 24.2 Å². The van der Waals surface area contributed by atoms with Gasteiger partial charge in [-0.1, -0.05) is 0 Å². The summed E-state index contributed by atoms with van der Waals surface area (Å²) < 4.78 is 7.66. The highest BCUT2D eigenvalue weighted by atomic mass is 32.1. The lowest BCUT2D eigenvalue weighted by Crippen LogP contribution is -2.42. The quantitative estimate of drug-likeness (QED) is 0.474. The minimum absolute atomic E-state index is 0.0363. The second-order valence-electron chi connectivity index (χ2n) is 7.53. The van der Waals surface area contributed by atoms with Gasteiger partial charge in [-0.15, -0.1) is 0 Å². The summed E-state index contributed by atoms with van der Waals surface area (Å²) in [7, 11) is 0. The van der Waals surface area contributed by atoms with Crippen molar-refractivity contribution in [2.45, 2.75) is 20.0 Å². The molecule has 0 spiro atoms. The van der Waals surface area contributed by atoms with Gasteiger partial charge < -0.3 is 15.0 Å². The maximum absolute atomic E-state index is 11.6. The average Bonchev–Trinajstić information content (AvgIpc) is 3.44. The molecule has 4 heterocycles. The van der Waals surface area contributed by atoms with Crippen molar-refractivity contribution in [1.82, 2.24) is 19.5 Å². The van der Waals surface area contributed by atoms with Gasteiger partial charge in [-0.2, -0.15) is 21.3 Å². The van der Waals surface area contributed by atoms with Gasteiger partial charge in [0.25, 0.3) is 0 Å². The van der Waals surface area contributed by atoms with Crippen LogP contribution < -0.4 is 10.2 Å². The van der Waals surface area contributed by atoms with Crippen LogP contribution in [0, 0.1) is 0 Å². The minimum Gasteiger partial charge on any atom is -0.375 e. The topological polar surface area (TPSA) is 85.2 Å². The van der Waals surface area contributed by atoms with Gasteiger partial charge in [0.15, 0.2) is 22.8 Å². The molecular formula is C22H22N6O2S. The number of Topliss-reactive ketones (excluding diaryl/α,β-unsaturated/α-hetero) is 1. The number of morpholine rings is 1. The third-order valence-electron chi connectivity index (χ3n) is 5.25. The first kappa shape index (κ1) is 19.7. The molecule has 0 aliphatic carbocycles. The number of benzene rings is 1. The van der Waals surface area contributed by atoms with Crippen LogP contribution in [-0.2, 0) is 4.74 Å². The number of hydrogen-bond acceptors (Lipinski definition) is 8. The number of rotatable bonds is 5. The molecule has 1 fully saturated rings. The molecule has 31 heavy (non-hydrogen) atoms. The number of nitrogens with one attached hydrogen (secondary N) is 1. The lowest BCUT2D eigenvalue weighted by molar-refractivity contribution is 0.0526. The van der Waals surface area contributed by atoms with Gasteiger partial charge in [0.2, 0.25) is 5.95 Å². The van der Waals surface area contributed by atoms with E-state index in [0.717, 1.165) is 30.1 Å². The summed E-state index contributed by atoms with van der Waals surface area (Å²) >= 11 is 1.63. The third kappa shape index (κ3) is 3.89. The fourth-order valence-electron chi connectivity index (χ4n) is 3.63. The van der Waals surface area contributed by atoms with Crippen LogP contribution in [0.2, 0.25) is 0 Å². The fraction of sp³-hybridized carbons (Fsp3) is 0.273. The number of ketones is 1. The van der Waals surface area contributed by atoms with Crippen LogP contribution in [-0.4, -0.2) is 51.1 Å². The van der Waals surface area contributed by atoms with E-state index in [0.29, 0.717) is 29.5 Å². The van der Waals surface area contributed by atoms with Crippen LogP contribution in [0.4, 0.5) is 17.5 Å². The van der Waals surface area contributed by atoms with E-state index in [-0.39, 0.29) is 11.9 Å². The molecule has 1 saturated heterocycles. The zero-order valence-corrected chi connectivity index (χ0v) is 18.1. The van der Waals surface area contributed by atoms with E-state index in [1.807, 2.05) is 28.1 Å². The lowest BCUT2D eigenvalue weighted by atomic mass is 10.1. The van der Waals surface area contributed by atoms with E-state index < -0.39 is 0 Å². The molecule has 1 aliphatic heterocycles. The van der Waals surface area contributed by atoms with Crippen molar-refractivity contribution < 1.29 is 9.53 Å². The Morgan fingerprint density at radius 2 is 2.06 bits per heavy atom. The van der Waals surface area contributed by atoms with Crippen molar-refractivity contribution in [3.63, 3.8) is 0 Å². The molecule has 1 aliphatic rings. The Bertz CT molecular complexity index is 1220. The molecule has 1 aromatic carbocycles. The monoisotopic (exact) mass is 434 g/mol. The number of nitrogens with zero attached hydrogens (tertiary/aromatic N) is 5. The number of fused-ring (bicyclic) bond motifs is 1. The number of anilines is 3. The van der Waals surface area contributed by atoms with Crippen LogP contribution >= 0.6 is 11.3 Å².